The molecule has 0 unspecified atom stereocenters. The summed E-state index contributed by atoms with van der Waals surface area (Å²) in [5.41, 5.74) is 2.07. The van der Waals surface area contributed by atoms with Crippen LogP contribution >= 0.6 is 0 Å². The molecular weight excluding hydrogens is 176 g/mol. The van der Waals surface area contributed by atoms with Gasteiger partial charge in [0.05, 0.1) is 5.52 Å². The van der Waals surface area contributed by atoms with Crippen LogP contribution in [0.15, 0.2) is 24.3 Å². The lowest BCUT2D eigenvalue weighted by Gasteiger charge is -2.03. The fourth-order valence-electron chi connectivity index (χ4n) is 1.80. The van der Waals surface area contributed by atoms with Crippen LogP contribution in [0.3, 0.4) is 0 Å². The predicted octanol–water partition coefficient (Wildman–Crippen LogP) is 1.60. The molecule has 2 aromatic rings. The largest absolute Gasteiger partial charge is 0.506 e. The molecular formula is C11H14N2O. The number of rotatable bonds is 2. The van der Waals surface area contributed by atoms with Gasteiger partial charge in [0.25, 0.3) is 0 Å². The average molecular weight is 190 g/mol. The zero-order valence-electron chi connectivity index (χ0n) is 8.41. The number of nitrogens with zero attached hydrogens (tertiary/aromatic N) is 1. The third-order valence-corrected chi connectivity index (χ3v) is 2.49. The van der Waals surface area contributed by atoms with Crippen LogP contribution in [0.25, 0.3) is 10.9 Å². The molecule has 2 rings (SSSR count). The second kappa shape index (κ2) is 3.35. The van der Waals surface area contributed by atoms with Crippen molar-refractivity contribution in [1.82, 2.24) is 9.88 Å². The number of phenols is 1. The summed E-state index contributed by atoms with van der Waals surface area (Å²) < 4.78 is 2.02. The summed E-state index contributed by atoms with van der Waals surface area (Å²) in [5, 5.41) is 13.9. The van der Waals surface area contributed by atoms with Gasteiger partial charge in [0, 0.05) is 24.7 Å². The van der Waals surface area contributed by atoms with Gasteiger partial charge in [-0.25, -0.2) is 0 Å². The van der Waals surface area contributed by atoms with Gasteiger partial charge in [-0.2, -0.15) is 0 Å². The summed E-state index contributed by atoms with van der Waals surface area (Å²) in [5.74, 6) is 0.340. The van der Waals surface area contributed by atoms with Crippen molar-refractivity contribution in [3.05, 3.63) is 30.0 Å². The highest BCUT2D eigenvalue weighted by atomic mass is 16.3. The Balaban J connectivity index is 2.68. The molecule has 0 saturated carbocycles. The van der Waals surface area contributed by atoms with E-state index in [1.54, 1.807) is 6.07 Å². The third kappa shape index (κ3) is 1.26. The Morgan fingerprint density at radius 2 is 2.21 bits per heavy atom. The van der Waals surface area contributed by atoms with E-state index in [0.29, 0.717) is 5.75 Å². The highest BCUT2D eigenvalue weighted by Gasteiger charge is 2.07. The monoisotopic (exact) mass is 190 g/mol. The molecule has 0 saturated heterocycles. The normalized spacial score (nSPS) is 11.0. The van der Waals surface area contributed by atoms with Crippen LogP contribution in [0, 0.1) is 0 Å². The van der Waals surface area contributed by atoms with E-state index in [1.165, 1.54) is 5.69 Å². The van der Waals surface area contributed by atoms with Crippen LogP contribution < -0.4 is 5.32 Å². The molecule has 2 N–H and O–H groups in total. The van der Waals surface area contributed by atoms with Gasteiger partial charge in [0.15, 0.2) is 0 Å². The fraction of sp³-hybridized carbons (Fsp3) is 0.273. The van der Waals surface area contributed by atoms with Gasteiger partial charge in [-0.3, -0.25) is 0 Å². The molecule has 0 bridgehead atoms. The van der Waals surface area contributed by atoms with E-state index in [9.17, 15) is 5.11 Å². The van der Waals surface area contributed by atoms with E-state index in [0.717, 1.165) is 17.4 Å². The van der Waals surface area contributed by atoms with Crippen molar-refractivity contribution in [2.75, 3.05) is 7.05 Å². The third-order valence-electron chi connectivity index (χ3n) is 2.49. The first-order valence-electron chi connectivity index (χ1n) is 4.65. The van der Waals surface area contributed by atoms with Gasteiger partial charge >= 0.3 is 0 Å². The lowest BCUT2D eigenvalue weighted by atomic mass is 10.2. The molecule has 0 spiro atoms. The van der Waals surface area contributed by atoms with Gasteiger partial charge in [0.1, 0.15) is 5.75 Å². The first-order chi connectivity index (χ1) is 6.74. The summed E-state index contributed by atoms with van der Waals surface area (Å²) in [4.78, 5) is 0. The molecule has 1 aromatic carbocycles. The second-order valence-corrected chi connectivity index (χ2v) is 3.44. The lowest BCUT2D eigenvalue weighted by Crippen LogP contribution is -2.08. The van der Waals surface area contributed by atoms with Crippen LogP contribution in [-0.4, -0.2) is 16.7 Å². The van der Waals surface area contributed by atoms with Crippen LogP contribution in [-0.2, 0) is 13.6 Å². The van der Waals surface area contributed by atoms with E-state index in [-0.39, 0.29) is 0 Å². The van der Waals surface area contributed by atoms with E-state index in [4.69, 9.17) is 0 Å². The van der Waals surface area contributed by atoms with E-state index < -0.39 is 0 Å². The molecule has 3 nitrogen and oxygen atoms in total. The van der Waals surface area contributed by atoms with Crippen molar-refractivity contribution < 1.29 is 5.11 Å². The Bertz CT molecular complexity index is 460. The minimum absolute atomic E-state index is 0.340. The van der Waals surface area contributed by atoms with E-state index in [1.807, 2.05) is 30.8 Å². The van der Waals surface area contributed by atoms with Crippen molar-refractivity contribution in [2.45, 2.75) is 6.54 Å². The number of aryl methyl sites for hydroxylation is 1. The van der Waals surface area contributed by atoms with E-state index in [2.05, 4.69) is 11.4 Å². The summed E-state index contributed by atoms with van der Waals surface area (Å²) in [6, 6.07) is 7.67. The van der Waals surface area contributed by atoms with Crippen molar-refractivity contribution in [1.29, 1.82) is 0 Å². The van der Waals surface area contributed by atoms with Crippen molar-refractivity contribution in [3.63, 3.8) is 0 Å². The highest BCUT2D eigenvalue weighted by Crippen LogP contribution is 2.26. The summed E-state index contributed by atoms with van der Waals surface area (Å²) in [6.45, 7) is 0.810. The Morgan fingerprint density at radius 3 is 2.86 bits per heavy atom. The van der Waals surface area contributed by atoms with Crippen molar-refractivity contribution in [2.24, 2.45) is 7.05 Å². The molecule has 0 aliphatic heterocycles. The van der Waals surface area contributed by atoms with Gasteiger partial charge < -0.3 is 15.0 Å². The zero-order valence-corrected chi connectivity index (χ0v) is 8.41. The van der Waals surface area contributed by atoms with Gasteiger partial charge in [-0.15, -0.1) is 0 Å². The summed E-state index contributed by atoms with van der Waals surface area (Å²) in [7, 11) is 3.88. The smallest absolute Gasteiger partial charge is 0.139 e. The van der Waals surface area contributed by atoms with E-state index >= 15 is 0 Å². The number of nitrogens with one attached hydrogen (secondary N) is 1. The number of phenolic OH excluding ortho intramolecular Hbond substituents is 1. The maximum absolute atomic E-state index is 9.69. The second-order valence-electron chi connectivity index (χ2n) is 3.44. The average Bonchev–Trinajstić information content (AvgIpc) is 2.46. The summed E-state index contributed by atoms with van der Waals surface area (Å²) >= 11 is 0. The number of benzene rings is 1. The fourth-order valence-corrected chi connectivity index (χ4v) is 1.80. The highest BCUT2D eigenvalue weighted by molar-refractivity contribution is 5.86. The molecule has 1 aromatic heterocycles. The Hall–Kier alpha value is -1.48. The number of fused-ring (bicyclic) bond motifs is 1. The van der Waals surface area contributed by atoms with Crippen LogP contribution in [0.1, 0.15) is 5.69 Å². The SMILES string of the molecule is CNCc1cc2cccc(O)c2n1C. The number of aromatic nitrogens is 1. The number of hydrogen-bond acceptors (Lipinski definition) is 2. The molecule has 74 valence electrons. The molecule has 0 amide bonds. The van der Waals surface area contributed by atoms with Crippen molar-refractivity contribution >= 4 is 10.9 Å². The number of aromatic hydroxyl groups is 1. The number of para-hydroxylation sites is 1. The molecule has 0 radical (unpaired) electrons. The van der Waals surface area contributed by atoms with Gasteiger partial charge in [0.2, 0.25) is 0 Å². The lowest BCUT2D eigenvalue weighted by molar-refractivity contribution is 0.478. The molecule has 0 fully saturated rings. The maximum atomic E-state index is 9.69. The number of hydrogen-bond donors (Lipinski definition) is 2. The molecule has 0 atom stereocenters. The van der Waals surface area contributed by atoms with Crippen LogP contribution in [0.2, 0.25) is 0 Å². The standard InChI is InChI=1S/C11H14N2O/c1-12-7-9-6-8-4-3-5-10(14)11(8)13(9)2/h3-6,12,14H,7H2,1-2H3. The van der Waals surface area contributed by atoms with Gasteiger partial charge in [-0.1, -0.05) is 12.1 Å². The topological polar surface area (TPSA) is 37.2 Å². The molecule has 0 aliphatic rings. The quantitative estimate of drug-likeness (QED) is 0.754. The predicted molar refractivity (Wildman–Crippen MR) is 57.3 cm³/mol. The molecule has 3 heteroatoms. The van der Waals surface area contributed by atoms with Gasteiger partial charge in [-0.05, 0) is 19.2 Å². The summed E-state index contributed by atoms with van der Waals surface area (Å²) in [6.07, 6.45) is 0. The molecule has 0 aliphatic carbocycles. The minimum atomic E-state index is 0.340. The zero-order chi connectivity index (χ0) is 10.1. The van der Waals surface area contributed by atoms with Crippen molar-refractivity contribution in [3.8, 4) is 5.75 Å². The first kappa shape index (κ1) is 9.09. The molecule has 1 heterocycles. The first-order valence-corrected chi connectivity index (χ1v) is 4.65. The van der Waals surface area contributed by atoms with Crippen LogP contribution in [0.4, 0.5) is 0 Å². The Morgan fingerprint density at radius 1 is 1.43 bits per heavy atom. The molecule has 14 heavy (non-hydrogen) atoms. The Labute approximate surface area is 83.0 Å². The maximum Gasteiger partial charge on any atom is 0.139 e. The minimum Gasteiger partial charge on any atom is -0.506 e. The van der Waals surface area contributed by atoms with Crippen LogP contribution in [0.5, 0.6) is 5.75 Å². The Kier molecular flexibility index (Phi) is 2.17.